The molecule has 15 heteroatoms. The molecule has 1 aromatic rings. The van der Waals surface area contributed by atoms with Gasteiger partial charge in [-0.2, -0.15) is 0 Å². The summed E-state index contributed by atoms with van der Waals surface area (Å²) in [5.41, 5.74) is 8.98. The van der Waals surface area contributed by atoms with Gasteiger partial charge in [-0.05, 0) is 39.0 Å². The normalized spacial score (nSPS) is 25.4. The topological polar surface area (TPSA) is 221 Å². The first-order valence-electron chi connectivity index (χ1n) is 14.2. The van der Waals surface area contributed by atoms with Crippen molar-refractivity contribution >= 4 is 33.3 Å². The summed E-state index contributed by atoms with van der Waals surface area (Å²) in [5, 5.41) is 21.3. The molecule has 3 atom stereocenters. The molecule has 3 fully saturated rings. The highest BCUT2D eigenvalue weighted by molar-refractivity contribution is 7.91. The Bertz CT molecular complexity index is 1270. The molecule has 1 aliphatic carbocycles. The first kappa shape index (κ1) is 31.0. The number of nitrogens with zero attached hydrogens (tertiary/aromatic N) is 4. The molecule has 1 aromatic heterocycles. The monoisotopic (exact) mass is 595 g/mol. The van der Waals surface area contributed by atoms with Crippen molar-refractivity contribution in [3.05, 3.63) is 11.9 Å². The van der Waals surface area contributed by atoms with E-state index in [9.17, 15) is 32.7 Å². The lowest BCUT2D eigenvalue weighted by molar-refractivity contribution is -0.145. The minimum absolute atomic E-state index is 0.0485. The number of rotatable bonds is 9. The number of aliphatic hydroxyl groups is 1. The minimum Gasteiger partial charge on any atom is -0.384 e. The van der Waals surface area contributed by atoms with E-state index in [-0.39, 0.29) is 25.8 Å². The molecule has 2 unspecified atom stereocenters. The molecule has 3 heterocycles. The van der Waals surface area contributed by atoms with Crippen molar-refractivity contribution in [2.24, 2.45) is 17.4 Å². The fraction of sp³-hybridized carbons (Fsp3) is 0.769. The molecular weight excluding hydrogens is 554 g/mol. The van der Waals surface area contributed by atoms with Gasteiger partial charge in [0, 0.05) is 13.0 Å². The van der Waals surface area contributed by atoms with Crippen molar-refractivity contribution in [3.8, 4) is 0 Å². The Kier molecular flexibility index (Phi) is 8.90. The Morgan fingerprint density at radius 1 is 1.17 bits per heavy atom. The maximum absolute atomic E-state index is 13.8. The standard InChI is InChI=1S/C26H41N7O7S/c1-25(2,38)20-14-29-31-33(20)17-13-19(32(15-17)24(37)18(27)12-16-6-4-3-5-7-16)23(36)30-26(21(34)22(28)35)8-10-41(39,40)11-9-26/h14,16-19,38H,3-13,15,27H2,1-2H3,(H2,28,35)(H,30,36)/t17?,18-,19?/m1/s1. The molecule has 2 aliphatic heterocycles. The van der Waals surface area contributed by atoms with Crippen LogP contribution in [0.2, 0.25) is 0 Å². The van der Waals surface area contributed by atoms with E-state index in [4.69, 9.17) is 11.5 Å². The Morgan fingerprint density at radius 3 is 2.39 bits per heavy atom. The van der Waals surface area contributed by atoms with Gasteiger partial charge in [-0.25, -0.2) is 13.1 Å². The number of nitrogens with one attached hydrogen (secondary N) is 1. The average molecular weight is 596 g/mol. The average Bonchev–Trinajstić information content (AvgIpc) is 3.57. The Morgan fingerprint density at radius 2 is 1.80 bits per heavy atom. The summed E-state index contributed by atoms with van der Waals surface area (Å²) in [6.45, 7) is 3.19. The Hall–Kier alpha value is -2.91. The van der Waals surface area contributed by atoms with Gasteiger partial charge in [0.2, 0.25) is 17.6 Å². The molecule has 3 aliphatic rings. The second-order valence-electron chi connectivity index (χ2n) is 12.3. The van der Waals surface area contributed by atoms with E-state index in [1.54, 1.807) is 13.8 Å². The van der Waals surface area contributed by atoms with Crippen molar-refractivity contribution < 1.29 is 32.7 Å². The highest BCUT2D eigenvalue weighted by Gasteiger charge is 2.50. The fourth-order valence-electron chi connectivity index (χ4n) is 6.38. The molecule has 0 radical (unpaired) electrons. The molecule has 228 valence electrons. The van der Waals surface area contributed by atoms with Gasteiger partial charge in [-0.3, -0.25) is 19.2 Å². The van der Waals surface area contributed by atoms with Gasteiger partial charge in [0.15, 0.2) is 9.84 Å². The van der Waals surface area contributed by atoms with Crippen LogP contribution in [-0.4, -0.2) is 92.6 Å². The zero-order valence-electron chi connectivity index (χ0n) is 23.6. The SMILES string of the molecule is CC(C)(O)c1cnnn1C1CC(C(=O)NC2(C(=O)C(N)=O)CCS(=O)(=O)CC2)N(C(=O)[C@H](N)CC2CCCCC2)C1. The first-order valence-corrected chi connectivity index (χ1v) is 16.0. The van der Waals surface area contributed by atoms with Gasteiger partial charge in [0.05, 0.1) is 35.5 Å². The highest BCUT2D eigenvalue weighted by Crippen LogP contribution is 2.34. The van der Waals surface area contributed by atoms with Crippen LogP contribution in [0.15, 0.2) is 6.20 Å². The Labute approximate surface area is 239 Å². The maximum atomic E-state index is 13.8. The molecule has 0 spiro atoms. The van der Waals surface area contributed by atoms with Crippen LogP contribution in [0.3, 0.4) is 0 Å². The largest absolute Gasteiger partial charge is 0.384 e. The molecule has 14 nitrogen and oxygen atoms in total. The van der Waals surface area contributed by atoms with E-state index in [2.05, 4.69) is 15.6 Å². The summed E-state index contributed by atoms with van der Waals surface area (Å²) in [7, 11) is -3.45. The summed E-state index contributed by atoms with van der Waals surface area (Å²) in [5.74, 6) is -4.00. The highest BCUT2D eigenvalue weighted by atomic mass is 32.2. The summed E-state index contributed by atoms with van der Waals surface area (Å²) in [4.78, 5) is 53.7. The number of hydrogen-bond donors (Lipinski definition) is 4. The van der Waals surface area contributed by atoms with E-state index < -0.39 is 74.1 Å². The van der Waals surface area contributed by atoms with E-state index >= 15 is 0 Å². The lowest BCUT2D eigenvalue weighted by Gasteiger charge is -2.37. The number of Topliss-reactive ketones (excluding diaryl/α,β-unsaturated/α-hetero) is 1. The van der Waals surface area contributed by atoms with Crippen LogP contribution in [0.4, 0.5) is 0 Å². The van der Waals surface area contributed by atoms with Crippen molar-refractivity contribution in [3.63, 3.8) is 0 Å². The van der Waals surface area contributed by atoms with Crippen LogP contribution < -0.4 is 16.8 Å². The first-order chi connectivity index (χ1) is 19.1. The maximum Gasteiger partial charge on any atom is 0.287 e. The van der Waals surface area contributed by atoms with E-state index in [0.717, 1.165) is 32.1 Å². The van der Waals surface area contributed by atoms with Gasteiger partial charge in [-0.1, -0.05) is 37.3 Å². The third kappa shape index (κ3) is 6.78. The zero-order valence-corrected chi connectivity index (χ0v) is 24.4. The molecule has 4 rings (SSSR count). The summed E-state index contributed by atoms with van der Waals surface area (Å²) < 4.78 is 25.7. The molecule has 6 N–H and O–H groups in total. The third-order valence-corrected chi connectivity index (χ3v) is 10.4. The molecular formula is C26H41N7O7S. The lowest BCUT2D eigenvalue weighted by atomic mass is 9.84. The number of carbonyl (C=O) groups excluding carboxylic acids is 4. The second-order valence-corrected chi connectivity index (χ2v) is 14.6. The number of carbonyl (C=O) groups is 4. The van der Waals surface area contributed by atoms with Gasteiger partial charge < -0.3 is 26.8 Å². The molecule has 41 heavy (non-hydrogen) atoms. The minimum atomic E-state index is -3.45. The van der Waals surface area contributed by atoms with Crippen molar-refractivity contribution in [1.29, 1.82) is 0 Å². The van der Waals surface area contributed by atoms with E-state index in [1.807, 2.05) is 0 Å². The van der Waals surface area contributed by atoms with Gasteiger partial charge in [0.25, 0.3) is 5.91 Å². The van der Waals surface area contributed by atoms with Crippen LogP contribution in [0.1, 0.15) is 83.4 Å². The van der Waals surface area contributed by atoms with E-state index in [1.165, 1.54) is 15.8 Å². The summed E-state index contributed by atoms with van der Waals surface area (Å²) in [6, 6.07) is -2.49. The predicted octanol–water partition coefficient (Wildman–Crippen LogP) is -0.937. The second kappa shape index (κ2) is 11.8. The number of hydrogen-bond acceptors (Lipinski definition) is 10. The number of sulfone groups is 1. The number of aromatic nitrogens is 3. The van der Waals surface area contributed by atoms with Crippen molar-refractivity contribution in [2.75, 3.05) is 18.1 Å². The number of nitrogens with two attached hydrogens (primary N) is 2. The summed E-state index contributed by atoms with van der Waals surface area (Å²) in [6.07, 6.45) is 6.65. The van der Waals surface area contributed by atoms with E-state index in [0.29, 0.717) is 18.0 Å². The molecule has 1 saturated carbocycles. The molecule has 3 amide bonds. The molecule has 2 saturated heterocycles. The lowest BCUT2D eigenvalue weighted by Crippen LogP contribution is -2.64. The molecule has 0 aromatic carbocycles. The number of primary amides is 1. The third-order valence-electron chi connectivity index (χ3n) is 8.74. The van der Waals surface area contributed by atoms with Gasteiger partial charge in [-0.15, -0.1) is 5.10 Å². The van der Waals surface area contributed by atoms with Gasteiger partial charge >= 0.3 is 0 Å². The van der Waals surface area contributed by atoms with Crippen LogP contribution in [0.5, 0.6) is 0 Å². The quantitative estimate of drug-likeness (QED) is 0.257. The number of ketones is 1. The number of amides is 3. The van der Waals surface area contributed by atoms with Crippen LogP contribution in [0.25, 0.3) is 0 Å². The van der Waals surface area contributed by atoms with Crippen LogP contribution in [0, 0.1) is 5.92 Å². The predicted molar refractivity (Wildman–Crippen MR) is 147 cm³/mol. The zero-order chi connectivity index (χ0) is 30.2. The number of likely N-dealkylation sites (tertiary alicyclic amines) is 1. The fourth-order valence-corrected chi connectivity index (χ4v) is 7.90. The smallest absolute Gasteiger partial charge is 0.287 e. The summed E-state index contributed by atoms with van der Waals surface area (Å²) >= 11 is 0. The van der Waals surface area contributed by atoms with Crippen LogP contribution in [-0.2, 0) is 34.6 Å². The van der Waals surface area contributed by atoms with Crippen molar-refractivity contribution in [2.45, 2.75) is 101 Å². The van der Waals surface area contributed by atoms with Gasteiger partial charge in [0.1, 0.15) is 17.2 Å². The van der Waals surface area contributed by atoms with Crippen LogP contribution >= 0.6 is 0 Å². The Balaban J connectivity index is 1.62. The van der Waals surface area contributed by atoms with Crippen molar-refractivity contribution in [1.82, 2.24) is 25.2 Å². The molecule has 0 bridgehead atoms.